The minimum Gasteiger partial charge on any atom is -0.379 e. The Bertz CT molecular complexity index is 472. The van der Waals surface area contributed by atoms with Crippen molar-refractivity contribution in [2.75, 3.05) is 24.7 Å². The van der Waals surface area contributed by atoms with Gasteiger partial charge in [-0.2, -0.15) is 0 Å². The van der Waals surface area contributed by atoms with Crippen LogP contribution in [-0.2, 0) is 4.74 Å². The van der Waals surface area contributed by atoms with Crippen LogP contribution in [0.3, 0.4) is 0 Å². The topological polar surface area (TPSA) is 67.6 Å². The Morgan fingerprint density at radius 2 is 2.21 bits per heavy atom. The molecule has 0 aliphatic carbocycles. The molecule has 0 radical (unpaired) electrons. The third-order valence-electron chi connectivity index (χ3n) is 3.79. The van der Waals surface area contributed by atoms with E-state index in [-0.39, 0.29) is 18.1 Å². The molecule has 0 spiro atoms. The Labute approximate surface area is 112 Å². The second-order valence-corrected chi connectivity index (χ2v) is 5.12. The first-order chi connectivity index (χ1) is 9.25. The maximum atomic E-state index is 12.3. The highest BCUT2D eigenvalue weighted by Crippen LogP contribution is 2.32. The number of benzene rings is 1. The Hall–Kier alpha value is -1.59. The maximum absolute atomic E-state index is 12.3. The van der Waals surface area contributed by atoms with Crippen molar-refractivity contribution >= 4 is 11.7 Å². The number of nitrogens with one attached hydrogen (secondary N) is 1. The number of para-hydroxylation sites is 1. The van der Waals surface area contributed by atoms with Gasteiger partial charge in [-0.15, -0.1) is 0 Å². The molecule has 3 rings (SSSR count). The number of urea groups is 1. The van der Waals surface area contributed by atoms with Crippen LogP contribution in [0, 0.1) is 0 Å². The highest BCUT2D eigenvalue weighted by atomic mass is 16.5. The quantitative estimate of drug-likeness (QED) is 0.803. The van der Waals surface area contributed by atoms with E-state index in [0.29, 0.717) is 13.2 Å². The van der Waals surface area contributed by atoms with Gasteiger partial charge in [0.2, 0.25) is 0 Å². The van der Waals surface area contributed by atoms with Gasteiger partial charge in [-0.25, -0.2) is 4.79 Å². The summed E-state index contributed by atoms with van der Waals surface area (Å²) in [6.45, 7) is 2.00. The fourth-order valence-corrected chi connectivity index (χ4v) is 2.70. The molecule has 2 aliphatic rings. The van der Waals surface area contributed by atoms with Crippen molar-refractivity contribution in [1.29, 1.82) is 0 Å². The van der Waals surface area contributed by atoms with E-state index in [1.165, 1.54) is 0 Å². The predicted molar refractivity (Wildman–Crippen MR) is 73.1 cm³/mol. The average Bonchev–Trinajstić information content (AvgIpc) is 2.92. The Balaban J connectivity index is 1.77. The summed E-state index contributed by atoms with van der Waals surface area (Å²) in [7, 11) is 0. The third kappa shape index (κ3) is 2.43. The van der Waals surface area contributed by atoms with Gasteiger partial charge < -0.3 is 15.8 Å². The van der Waals surface area contributed by atoms with Crippen LogP contribution < -0.4 is 16.0 Å². The third-order valence-corrected chi connectivity index (χ3v) is 3.79. The van der Waals surface area contributed by atoms with E-state index < -0.39 is 0 Å². The molecule has 102 valence electrons. The van der Waals surface area contributed by atoms with E-state index in [4.69, 9.17) is 10.5 Å². The molecule has 1 aromatic rings. The zero-order valence-electron chi connectivity index (χ0n) is 10.8. The second-order valence-electron chi connectivity index (χ2n) is 5.12. The number of carbonyl (C=O) groups excluding carboxylic acids is 1. The standard InChI is InChI=1S/C14H19N3O2/c15-12-5-7-17(13-4-2-1-3-11(12)13)14(18)16-10-6-8-19-9-10/h1-4,10,12H,5-9,15H2,(H,16,18). The molecule has 5 heteroatoms. The molecular formula is C14H19N3O2. The fourth-order valence-electron chi connectivity index (χ4n) is 2.70. The maximum Gasteiger partial charge on any atom is 0.322 e. The Kier molecular flexibility index (Phi) is 3.40. The minimum absolute atomic E-state index is 0.0232. The van der Waals surface area contributed by atoms with Crippen LogP contribution in [0.1, 0.15) is 24.4 Å². The molecule has 5 nitrogen and oxygen atoms in total. The van der Waals surface area contributed by atoms with Crippen LogP contribution in [0.15, 0.2) is 24.3 Å². The van der Waals surface area contributed by atoms with Crippen molar-refractivity contribution in [3.63, 3.8) is 0 Å². The molecule has 2 unspecified atom stereocenters. The highest BCUT2D eigenvalue weighted by molar-refractivity contribution is 5.93. The number of fused-ring (bicyclic) bond motifs is 1. The number of hydrogen-bond donors (Lipinski definition) is 2. The number of rotatable bonds is 1. The smallest absolute Gasteiger partial charge is 0.322 e. The summed E-state index contributed by atoms with van der Waals surface area (Å²) in [6, 6.07) is 7.97. The van der Waals surface area contributed by atoms with E-state index in [9.17, 15) is 4.79 Å². The largest absolute Gasteiger partial charge is 0.379 e. The second kappa shape index (κ2) is 5.19. The number of anilines is 1. The molecule has 1 aromatic carbocycles. The van der Waals surface area contributed by atoms with Gasteiger partial charge in [0.25, 0.3) is 0 Å². The summed E-state index contributed by atoms with van der Waals surface area (Å²) in [4.78, 5) is 14.1. The normalized spacial score (nSPS) is 26.1. The monoisotopic (exact) mass is 261 g/mol. The molecule has 19 heavy (non-hydrogen) atoms. The molecule has 2 heterocycles. The highest BCUT2D eigenvalue weighted by Gasteiger charge is 2.28. The molecule has 0 saturated carbocycles. The molecule has 0 aromatic heterocycles. The van der Waals surface area contributed by atoms with E-state index in [1.807, 2.05) is 24.3 Å². The van der Waals surface area contributed by atoms with Gasteiger partial charge >= 0.3 is 6.03 Å². The Morgan fingerprint density at radius 3 is 3.00 bits per heavy atom. The van der Waals surface area contributed by atoms with Gasteiger partial charge in [-0.05, 0) is 24.5 Å². The van der Waals surface area contributed by atoms with Crippen molar-refractivity contribution in [2.24, 2.45) is 5.73 Å². The van der Waals surface area contributed by atoms with Gasteiger partial charge in [0.05, 0.1) is 18.3 Å². The van der Waals surface area contributed by atoms with Gasteiger partial charge in [0, 0.05) is 19.2 Å². The van der Waals surface area contributed by atoms with Crippen LogP contribution in [0.5, 0.6) is 0 Å². The van der Waals surface area contributed by atoms with Crippen molar-refractivity contribution < 1.29 is 9.53 Å². The molecule has 0 bridgehead atoms. The van der Waals surface area contributed by atoms with Crippen molar-refractivity contribution in [3.05, 3.63) is 29.8 Å². The molecular weight excluding hydrogens is 242 g/mol. The van der Waals surface area contributed by atoms with Crippen molar-refractivity contribution in [2.45, 2.75) is 24.9 Å². The molecule has 2 aliphatic heterocycles. The van der Waals surface area contributed by atoms with Gasteiger partial charge in [-0.3, -0.25) is 4.90 Å². The number of hydrogen-bond acceptors (Lipinski definition) is 3. The summed E-state index contributed by atoms with van der Waals surface area (Å²) in [5.41, 5.74) is 8.07. The van der Waals surface area contributed by atoms with E-state index in [1.54, 1.807) is 4.90 Å². The van der Waals surface area contributed by atoms with Crippen LogP contribution >= 0.6 is 0 Å². The van der Waals surface area contributed by atoms with E-state index >= 15 is 0 Å². The molecule has 3 N–H and O–H groups in total. The number of nitrogens with two attached hydrogens (primary N) is 1. The zero-order chi connectivity index (χ0) is 13.2. The fraction of sp³-hybridized carbons (Fsp3) is 0.500. The molecule has 1 saturated heterocycles. The number of ether oxygens (including phenoxy) is 1. The Morgan fingerprint density at radius 1 is 1.37 bits per heavy atom. The lowest BCUT2D eigenvalue weighted by molar-refractivity contribution is 0.189. The predicted octanol–water partition coefficient (Wildman–Crippen LogP) is 1.39. The lowest BCUT2D eigenvalue weighted by atomic mass is 9.97. The first-order valence-corrected chi connectivity index (χ1v) is 6.76. The number of nitrogens with zero attached hydrogens (tertiary/aromatic N) is 1. The average molecular weight is 261 g/mol. The summed E-state index contributed by atoms with van der Waals surface area (Å²) >= 11 is 0. The zero-order valence-corrected chi connectivity index (χ0v) is 10.8. The lowest BCUT2D eigenvalue weighted by Gasteiger charge is -2.33. The lowest BCUT2D eigenvalue weighted by Crippen LogP contribution is -2.48. The van der Waals surface area contributed by atoms with E-state index in [2.05, 4.69) is 5.32 Å². The summed E-state index contributed by atoms with van der Waals surface area (Å²) in [5, 5.41) is 3.03. The van der Waals surface area contributed by atoms with Crippen LogP contribution in [-0.4, -0.2) is 31.8 Å². The van der Waals surface area contributed by atoms with Crippen LogP contribution in [0.25, 0.3) is 0 Å². The van der Waals surface area contributed by atoms with Crippen LogP contribution in [0.4, 0.5) is 10.5 Å². The minimum atomic E-state index is -0.0464. The first kappa shape index (κ1) is 12.4. The van der Waals surface area contributed by atoms with Gasteiger partial charge in [-0.1, -0.05) is 18.2 Å². The van der Waals surface area contributed by atoms with Gasteiger partial charge in [0.1, 0.15) is 0 Å². The SMILES string of the molecule is NC1CCN(C(=O)NC2CCOC2)c2ccccc21. The molecule has 2 atom stereocenters. The van der Waals surface area contributed by atoms with Gasteiger partial charge in [0.15, 0.2) is 0 Å². The van der Waals surface area contributed by atoms with Crippen molar-refractivity contribution in [3.8, 4) is 0 Å². The molecule has 1 fully saturated rings. The van der Waals surface area contributed by atoms with Crippen LogP contribution in [0.2, 0.25) is 0 Å². The first-order valence-electron chi connectivity index (χ1n) is 6.76. The summed E-state index contributed by atoms with van der Waals surface area (Å²) in [6.07, 6.45) is 1.69. The van der Waals surface area contributed by atoms with E-state index in [0.717, 1.165) is 30.7 Å². The number of amides is 2. The van der Waals surface area contributed by atoms with Crippen molar-refractivity contribution in [1.82, 2.24) is 5.32 Å². The molecule has 2 amide bonds. The number of carbonyl (C=O) groups is 1. The summed E-state index contributed by atoms with van der Waals surface area (Å²) in [5.74, 6) is 0. The summed E-state index contributed by atoms with van der Waals surface area (Å²) < 4.78 is 5.28.